The van der Waals surface area contributed by atoms with Crippen LogP contribution in [0.4, 0.5) is 5.69 Å². The van der Waals surface area contributed by atoms with Gasteiger partial charge in [-0.05, 0) is 12.1 Å². The van der Waals surface area contributed by atoms with Crippen molar-refractivity contribution in [3.05, 3.63) is 42.2 Å². The number of hydrogen-bond acceptors (Lipinski definition) is 5. The van der Waals surface area contributed by atoms with Crippen LogP contribution >= 0.6 is 0 Å². The summed E-state index contributed by atoms with van der Waals surface area (Å²) in [7, 11) is 1.20. The van der Waals surface area contributed by atoms with Crippen LogP contribution in [-0.2, 0) is 9.53 Å². The molecule has 0 radical (unpaired) electrons. The topological polar surface area (TPSA) is 88.2 Å². The number of methoxy groups -OCH3 is 1. The highest BCUT2D eigenvalue weighted by Gasteiger charge is 2.11. The monoisotopic (exact) mass is 219 g/mol. The smallest absolute Gasteiger partial charge is 0.358 e. The Morgan fingerprint density at radius 3 is 2.62 bits per heavy atom. The van der Waals surface area contributed by atoms with E-state index in [1.807, 2.05) is 30.3 Å². The Morgan fingerprint density at radius 1 is 1.44 bits per heavy atom. The van der Waals surface area contributed by atoms with E-state index in [2.05, 4.69) is 10.1 Å². The molecule has 5 heteroatoms. The zero-order valence-corrected chi connectivity index (χ0v) is 8.86. The zero-order chi connectivity index (χ0) is 12.0. The van der Waals surface area contributed by atoms with Gasteiger partial charge in [0.15, 0.2) is 5.71 Å². The summed E-state index contributed by atoms with van der Waals surface area (Å²) in [6.07, 6.45) is 1.38. The number of ether oxygens (including phenoxy) is 1. The van der Waals surface area contributed by atoms with Gasteiger partial charge < -0.3 is 15.8 Å². The average molecular weight is 219 g/mol. The van der Waals surface area contributed by atoms with E-state index in [1.165, 1.54) is 13.3 Å². The Morgan fingerprint density at radius 2 is 2.06 bits per heavy atom. The van der Waals surface area contributed by atoms with Crippen molar-refractivity contribution < 1.29 is 9.53 Å². The van der Waals surface area contributed by atoms with Crippen molar-refractivity contribution in [3.8, 4) is 0 Å². The van der Waals surface area contributed by atoms with Crippen LogP contribution in [-0.4, -0.2) is 18.8 Å². The number of para-hydroxylation sites is 1. The van der Waals surface area contributed by atoms with Crippen LogP contribution in [0.5, 0.6) is 0 Å². The number of carbonyl (C=O) groups excluding carboxylic acids is 1. The van der Waals surface area contributed by atoms with Gasteiger partial charge in [0.05, 0.1) is 12.8 Å². The maximum atomic E-state index is 11.0. The second kappa shape index (κ2) is 5.55. The van der Waals surface area contributed by atoms with E-state index in [0.29, 0.717) is 0 Å². The van der Waals surface area contributed by atoms with Crippen LogP contribution in [0, 0.1) is 5.41 Å². The summed E-state index contributed by atoms with van der Waals surface area (Å²) in [5.41, 5.74) is 5.99. The molecule has 0 fully saturated rings. The van der Waals surface area contributed by atoms with Crippen molar-refractivity contribution in [2.75, 3.05) is 12.4 Å². The Bertz CT molecular complexity index is 412. The molecule has 1 rings (SSSR count). The van der Waals surface area contributed by atoms with Gasteiger partial charge >= 0.3 is 5.97 Å². The number of rotatable bonds is 4. The summed E-state index contributed by atoms with van der Waals surface area (Å²) in [5, 5.41) is 10.2. The van der Waals surface area contributed by atoms with E-state index in [0.717, 1.165) is 5.69 Å². The van der Waals surface area contributed by atoms with Gasteiger partial charge in [-0.25, -0.2) is 4.79 Å². The van der Waals surface area contributed by atoms with Crippen LogP contribution < -0.4 is 11.1 Å². The predicted octanol–water partition coefficient (Wildman–Crippen LogP) is 1.09. The first-order chi connectivity index (χ1) is 7.65. The molecule has 0 aliphatic heterocycles. The number of carbonyl (C=O) groups is 1. The molecule has 1 aromatic rings. The van der Waals surface area contributed by atoms with E-state index in [4.69, 9.17) is 11.1 Å². The maximum absolute atomic E-state index is 11.0. The third-order valence-electron chi connectivity index (χ3n) is 1.85. The molecule has 0 saturated carbocycles. The zero-order valence-electron chi connectivity index (χ0n) is 8.86. The number of hydrogen-bond donors (Lipinski definition) is 3. The molecule has 0 aliphatic carbocycles. The first-order valence-corrected chi connectivity index (χ1v) is 4.59. The molecule has 84 valence electrons. The molecule has 0 aromatic heterocycles. The van der Waals surface area contributed by atoms with E-state index in [-0.39, 0.29) is 11.4 Å². The molecular weight excluding hydrogens is 206 g/mol. The number of nitrogens with one attached hydrogen (secondary N) is 2. The summed E-state index contributed by atoms with van der Waals surface area (Å²) < 4.78 is 4.37. The summed E-state index contributed by atoms with van der Waals surface area (Å²) >= 11 is 0. The van der Waals surface area contributed by atoms with E-state index in [1.54, 1.807) is 0 Å². The van der Waals surface area contributed by atoms with Gasteiger partial charge in [0.1, 0.15) is 0 Å². The van der Waals surface area contributed by atoms with Gasteiger partial charge in [-0.15, -0.1) is 0 Å². The minimum atomic E-state index is -0.761. The Balaban J connectivity index is 2.65. The lowest BCUT2D eigenvalue weighted by Gasteiger charge is -2.04. The van der Waals surface area contributed by atoms with E-state index >= 15 is 0 Å². The molecule has 0 bridgehead atoms. The first-order valence-electron chi connectivity index (χ1n) is 4.59. The summed E-state index contributed by atoms with van der Waals surface area (Å²) in [6, 6.07) is 9.28. The first kappa shape index (κ1) is 11.8. The van der Waals surface area contributed by atoms with Crippen LogP contribution in [0.25, 0.3) is 0 Å². The number of nitrogens with two attached hydrogens (primary N) is 1. The molecule has 0 amide bonds. The molecule has 0 spiro atoms. The fourth-order valence-corrected chi connectivity index (χ4v) is 0.988. The van der Waals surface area contributed by atoms with Crippen molar-refractivity contribution in [1.82, 2.24) is 0 Å². The molecule has 0 atom stereocenters. The molecule has 5 nitrogen and oxygen atoms in total. The third kappa shape index (κ3) is 3.13. The molecule has 16 heavy (non-hydrogen) atoms. The summed E-state index contributed by atoms with van der Waals surface area (Å²) in [6.45, 7) is 0. The SMILES string of the molecule is COC(=O)C(=N)/C(N)=C\Nc1ccccc1. The summed E-state index contributed by atoms with van der Waals surface area (Å²) in [5.74, 6) is -0.761. The quantitative estimate of drug-likeness (QED) is 0.522. The highest BCUT2D eigenvalue weighted by Crippen LogP contribution is 2.05. The van der Waals surface area contributed by atoms with Gasteiger partial charge in [0, 0.05) is 11.9 Å². The normalized spacial score (nSPS) is 10.7. The molecule has 0 aliphatic rings. The highest BCUT2D eigenvalue weighted by molar-refractivity contribution is 6.41. The molecule has 1 aromatic carbocycles. The van der Waals surface area contributed by atoms with Crippen molar-refractivity contribution in [3.63, 3.8) is 0 Å². The fraction of sp³-hybridized carbons (Fsp3) is 0.0909. The van der Waals surface area contributed by atoms with Crippen molar-refractivity contribution in [2.45, 2.75) is 0 Å². The lowest BCUT2D eigenvalue weighted by Crippen LogP contribution is -2.22. The van der Waals surface area contributed by atoms with Crippen LogP contribution in [0.15, 0.2) is 42.2 Å². The second-order valence-corrected chi connectivity index (χ2v) is 2.98. The third-order valence-corrected chi connectivity index (χ3v) is 1.85. The second-order valence-electron chi connectivity index (χ2n) is 2.98. The lowest BCUT2D eigenvalue weighted by atomic mass is 10.3. The molecule has 4 N–H and O–H groups in total. The van der Waals surface area contributed by atoms with Crippen LogP contribution in [0.2, 0.25) is 0 Å². The maximum Gasteiger partial charge on any atom is 0.358 e. The van der Waals surface area contributed by atoms with Gasteiger partial charge in [-0.3, -0.25) is 5.41 Å². The fourth-order valence-electron chi connectivity index (χ4n) is 0.988. The van der Waals surface area contributed by atoms with E-state index in [9.17, 15) is 4.79 Å². The highest BCUT2D eigenvalue weighted by atomic mass is 16.5. The molecule has 0 heterocycles. The van der Waals surface area contributed by atoms with Gasteiger partial charge in [0.2, 0.25) is 0 Å². The largest absolute Gasteiger partial charge is 0.464 e. The minimum Gasteiger partial charge on any atom is -0.464 e. The lowest BCUT2D eigenvalue weighted by molar-refractivity contribution is -0.132. The minimum absolute atomic E-state index is 0.0238. The van der Waals surface area contributed by atoms with Crippen molar-refractivity contribution in [1.29, 1.82) is 5.41 Å². The predicted molar refractivity (Wildman–Crippen MR) is 62.1 cm³/mol. The number of anilines is 1. The summed E-state index contributed by atoms with van der Waals surface area (Å²) in [4.78, 5) is 11.0. The Hall–Kier alpha value is -2.30. The van der Waals surface area contributed by atoms with Crippen molar-refractivity contribution in [2.24, 2.45) is 5.73 Å². The van der Waals surface area contributed by atoms with Gasteiger partial charge in [-0.2, -0.15) is 0 Å². The number of esters is 1. The van der Waals surface area contributed by atoms with Gasteiger partial charge in [-0.1, -0.05) is 18.2 Å². The van der Waals surface area contributed by atoms with Crippen LogP contribution in [0.1, 0.15) is 0 Å². The van der Waals surface area contributed by atoms with Gasteiger partial charge in [0.25, 0.3) is 0 Å². The van der Waals surface area contributed by atoms with Crippen LogP contribution in [0.3, 0.4) is 0 Å². The molecule has 0 saturated heterocycles. The van der Waals surface area contributed by atoms with Crippen molar-refractivity contribution >= 4 is 17.4 Å². The Kier molecular flexibility index (Phi) is 4.08. The van der Waals surface area contributed by atoms with E-state index < -0.39 is 5.97 Å². The number of benzene rings is 1. The standard InChI is InChI=1S/C11H13N3O2/c1-16-11(15)10(13)9(12)7-14-8-5-3-2-4-6-8/h2-7,13-14H,12H2,1H3/b9-7+,13-10?. The molecular formula is C11H13N3O2. The molecule has 0 unspecified atom stereocenters. The average Bonchev–Trinajstić information content (AvgIpc) is 2.35. The Labute approximate surface area is 93.4 Å².